The van der Waals surface area contributed by atoms with Crippen LogP contribution in [0.5, 0.6) is 0 Å². The maximum absolute atomic E-state index is 12.5. The van der Waals surface area contributed by atoms with E-state index in [1.807, 2.05) is 18.2 Å². The highest BCUT2D eigenvalue weighted by Gasteiger charge is 2.25. The van der Waals surface area contributed by atoms with Crippen LogP contribution in [0.1, 0.15) is 28.4 Å². The monoisotopic (exact) mass is 425 g/mol. The Labute approximate surface area is 176 Å². The first-order valence-electron chi connectivity index (χ1n) is 9.60. The molecule has 0 saturated carbocycles. The smallest absolute Gasteiger partial charge is 0.237 e. The Morgan fingerprint density at radius 1 is 0.967 bits per heavy atom. The molecule has 2 aromatic rings. The van der Waals surface area contributed by atoms with E-state index in [0.717, 1.165) is 5.69 Å². The number of benzene rings is 2. The second kappa shape index (κ2) is 9.09. The molecule has 0 bridgehead atoms. The number of nitrogens with zero attached hydrogens (tertiary/aromatic N) is 3. The van der Waals surface area contributed by atoms with Crippen molar-refractivity contribution in [1.82, 2.24) is 4.90 Å². The zero-order valence-corrected chi connectivity index (χ0v) is 17.6. The number of sulfone groups is 1. The lowest BCUT2D eigenvalue weighted by molar-refractivity contribution is -0.128. The summed E-state index contributed by atoms with van der Waals surface area (Å²) >= 11 is 0. The Hall–Kier alpha value is -3.18. The molecule has 2 aromatic carbocycles. The van der Waals surface area contributed by atoms with E-state index in [1.54, 1.807) is 41.3 Å². The van der Waals surface area contributed by atoms with Crippen molar-refractivity contribution in [2.24, 2.45) is 0 Å². The maximum atomic E-state index is 12.5. The van der Waals surface area contributed by atoms with Gasteiger partial charge in [0.25, 0.3) is 0 Å². The molecule has 156 valence electrons. The molecule has 30 heavy (non-hydrogen) atoms. The second-order valence-electron chi connectivity index (χ2n) is 7.31. The van der Waals surface area contributed by atoms with Crippen LogP contribution in [0.3, 0.4) is 0 Å². The van der Waals surface area contributed by atoms with Gasteiger partial charge in [0.1, 0.15) is 5.75 Å². The Kier molecular flexibility index (Phi) is 6.53. The molecule has 1 fully saturated rings. The van der Waals surface area contributed by atoms with E-state index in [0.29, 0.717) is 42.9 Å². The van der Waals surface area contributed by atoms with Crippen molar-refractivity contribution in [2.45, 2.75) is 12.7 Å². The molecule has 0 N–H and O–H groups in total. The number of nitriles is 1. The minimum Gasteiger partial charge on any atom is -0.368 e. The van der Waals surface area contributed by atoms with Gasteiger partial charge in [-0.2, -0.15) is 5.26 Å². The summed E-state index contributed by atoms with van der Waals surface area (Å²) in [5.74, 6) is -1.14. The molecule has 1 amide bonds. The third kappa shape index (κ3) is 5.45. The van der Waals surface area contributed by atoms with Crippen molar-refractivity contribution in [2.75, 3.05) is 36.8 Å². The van der Waals surface area contributed by atoms with Crippen molar-refractivity contribution >= 4 is 27.2 Å². The number of carbonyl (C=O) groups is 2. The SMILES string of the molecule is CC(=O)c1ccc(N2CCN(C(=O)CS(=O)(=O)Cc3ccc(C#N)cc3)CC2)cc1. The molecule has 0 spiro atoms. The largest absolute Gasteiger partial charge is 0.368 e. The highest BCUT2D eigenvalue weighted by atomic mass is 32.2. The van der Waals surface area contributed by atoms with Gasteiger partial charge in [0, 0.05) is 37.4 Å². The average molecular weight is 426 g/mol. The fourth-order valence-corrected chi connectivity index (χ4v) is 4.74. The molecule has 0 aromatic heterocycles. The van der Waals surface area contributed by atoms with Crippen molar-refractivity contribution in [3.05, 3.63) is 65.2 Å². The van der Waals surface area contributed by atoms with Crippen LogP contribution in [0.15, 0.2) is 48.5 Å². The van der Waals surface area contributed by atoms with Gasteiger partial charge in [-0.15, -0.1) is 0 Å². The maximum Gasteiger partial charge on any atom is 0.237 e. The first-order chi connectivity index (χ1) is 14.3. The summed E-state index contributed by atoms with van der Waals surface area (Å²) in [6, 6.07) is 15.6. The summed E-state index contributed by atoms with van der Waals surface area (Å²) < 4.78 is 24.9. The predicted octanol–water partition coefficient (Wildman–Crippen LogP) is 2.02. The number of hydrogen-bond acceptors (Lipinski definition) is 6. The Bertz CT molecular complexity index is 1060. The topological polar surface area (TPSA) is 98.6 Å². The van der Waals surface area contributed by atoms with Gasteiger partial charge >= 0.3 is 0 Å². The zero-order chi connectivity index (χ0) is 21.7. The number of rotatable bonds is 6. The molecule has 0 radical (unpaired) electrons. The molecule has 8 heteroatoms. The van der Waals surface area contributed by atoms with E-state index in [9.17, 15) is 18.0 Å². The molecule has 1 saturated heterocycles. The molecule has 7 nitrogen and oxygen atoms in total. The van der Waals surface area contributed by atoms with Gasteiger partial charge in [-0.3, -0.25) is 9.59 Å². The van der Waals surface area contributed by atoms with E-state index >= 15 is 0 Å². The number of anilines is 1. The molecule has 0 atom stereocenters. The van der Waals surface area contributed by atoms with Crippen LogP contribution < -0.4 is 4.90 Å². The van der Waals surface area contributed by atoms with Gasteiger partial charge in [-0.05, 0) is 48.9 Å². The summed E-state index contributed by atoms with van der Waals surface area (Å²) in [6.45, 7) is 3.61. The number of hydrogen-bond donors (Lipinski definition) is 0. The molecule has 1 aliphatic heterocycles. The Morgan fingerprint density at radius 3 is 2.10 bits per heavy atom. The molecular weight excluding hydrogens is 402 g/mol. The van der Waals surface area contributed by atoms with Gasteiger partial charge in [0.2, 0.25) is 5.91 Å². The van der Waals surface area contributed by atoms with Gasteiger partial charge in [-0.1, -0.05) is 12.1 Å². The van der Waals surface area contributed by atoms with Crippen molar-refractivity contribution in [1.29, 1.82) is 5.26 Å². The zero-order valence-electron chi connectivity index (χ0n) is 16.7. The summed E-state index contributed by atoms with van der Waals surface area (Å²) in [7, 11) is -3.60. The lowest BCUT2D eigenvalue weighted by Gasteiger charge is -2.36. The fraction of sp³-hybridized carbons (Fsp3) is 0.318. The van der Waals surface area contributed by atoms with E-state index < -0.39 is 21.5 Å². The summed E-state index contributed by atoms with van der Waals surface area (Å²) in [5, 5.41) is 8.81. The van der Waals surface area contributed by atoms with Crippen LogP contribution in [-0.4, -0.2) is 56.9 Å². The van der Waals surface area contributed by atoms with Crippen LogP contribution in [0.2, 0.25) is 0 Å². The Morgan fingerprint density at radius 2 is 1.57 bits per heavy atom. The van der Waals surface area contributed by atoms with E-state index in [4.69, 9.17) is 5.26 Å². The molecule has 1 heterocycles. The highest BCUT2D eigenvalue weighted by molar-refractivity contribution is 7.91. The number of piperazine rings is 1. The molecule has 0 unspecified atom stereocenters. The minimum atomic E-state index is -3.60. The number of carbonyl (C=O) groups excluding carboxylic acids is 2. The Balaban J connectivity index is 1.54. The van der Waals surface area contributed by atoms with Crippen LogP contribution in [-0.2, 0) is 20.4 Å². The van der Waals surface area contributed by atoms with Crippen LogP contribution in [0.4, 0.5) is 5.69 Å². The van der Waals surface area contributed by atoms with Gasteiger partial charge < -0.3 is 9.80 Å². The lowest BCUT2D eigenvalue weighted by atomic mass is 10.1. The third-order valence-corrected chi connectivity index (χ3v) is 6.54. The van der Waals surface area contributed by atoms with Crippen molar-refractivity contribution in [3.63, 3.8) is 0 Å². The normalized spacial score (nSPS) is 14.3. The first kappa shape index (κ1) is 21.5. The quantitative estimate of drug-likeness (QED) is 0.657. The van der Waals surface area contributed by atoms with E-state index in [-0.39, 0.29) is 11.5 Å². The minimum absolute atomic E-state index is 0.0131. The number of ketones is 1. The standard InChI is InChI=1S/C22H23N3O4S/c1-17(26)20-6-8-21(9-7-20)24-10-12-25(13-11-24)22(27)16-30(28,29)15-19-4-2-18(14-23)3-5-19/h2-9H,10-13,15-16H2,1H3. The predicted molar refractivity (Wildman–Crippen MR) is 114 cm³/mol. The first-order valence-corrected chi connectivity index (χ1v) is 11.4. The highest BCUT2D eigenvalue weighted by Crippen LogP contribution is 2.18. The average Bonchev–Trinajstić information content (AvgIpc) is 2.74. The summed E-state index contributed by atoms with van der Waals surface area (Å²) in [4.78, 5) is 27.6. The summed E-state index contributed by atoms with van der Waals surface area (Å²) in [5.41, 5.74) is 2.64. The van der Waals surface area contributed by atoms with Gasteiger partial charge in [0.15, 0.2) is 15.6 Å². The van der Waals surface area contributed by atoms with E-state index in [2.05, 4.69) is 4.90 Å². The van der Waals surface area contributed by atoms with E-state index in [1.165, 1.54) is 6.92 Å². The van der Waals surface area contributed by atoms with Crippen LogP contribution >= 0.6 is 0 Å². The molecule has 0 aliphatic carbocycles. The third-order valence-electron chi connectivity index (χ3n) is 5.08. The lowest BCUT2D eigenvalue weighted by Crippen LogP contribution is -2.50. The summed E-state index contributed by atoms with van der Waals surface area (Å²) in [6.07, 6.45) is 0. The molecule has 1 aliphatic rings. The second-order valence-corrected chi connectivity index (χ2v) is 9.38. The van der Waals surface area contributed by atoms with Crippen LogP contribution in [0, 0.1) is 11.3 Å². The van der Waals surface area contributed by atoms with Crippen LogP contribution in [0.25, 0.3) is 0 Å². The fourth-order valence-electron chi connectivity index (χ4n) is 3.38. The molecular formula is C22H23N3O4S. The van der Waals surface area contributed by atoms with Crippen molar-refractivity contribution < 1.29 is 18.0 Å². The number of Topliss-reactive ketones (excluding diaryl/α,β-unsaturated/α-hetero) is 1. The van der Waals surface area contributed by atoms with Gasteiger partial charge in [0.05, 0.1) is 17.4 Å². The van der Waals surface area contributed by atoms with Crippen molar-refractivity contribution in [3.8, 4) is 6.07 Å². The molecule has 3 rings (SSSR count). The number of amides is 1. The van der Waals surface area contributed by atoms with Gasteiger partial charge in [-0.25, -0.2) is 8.42 Å².